The highest BCUT2D eigenvalue weighted by molar-refractivity contribution is 4.85. The third-order valence-corrected chi connectivity index (χ3v) is 3.47. The lowest BCUT2D eigenvalue weighted by Gasteiger charge is -2.38. The van der Waals surface area contributed by atoms with Crippen LogP contribution in [0.3, 0.4) is 0 Å². The van der Waals surface area contributed by atoms with Gasteiger partial charge in [-0.1, -0.05) is 33.1 Å². The first-order chi connectivity index (χ1) is 8.33. The Morgan fingerprint density at radius 1 is 1.17 bits per heavy atom. The van der Waals surface area contributed by atoms with E-state index in [1.807, 2.05) is 13.8 Å². The quantitative estimate of drug-likeness (QED) is 0.795. The van der Waals surface area contributed by atoms with E-state index in [1.54, 1.807) is 0 Å². The zero-order valence-electron chi connectivity index (χ0n) is 11.3. The van der Waals surface area contributed by atoms with Gasteiger partial charge in [0.2, 0.25) is 0 Å². The van der Waals surface area contributed by atoms with E-state index >= 15 is 0 Å². The first kappa shape index (κ1) is 15.8. The van der Waals surface area contributed by atoms with Crippen molar-refractivity contribution in [3.8, 4) is 0 Å². The van der Waals surface area contributed by atoms with E-state index in [2.05, 4.69) is 5.32 Å². The van der Waals surface area contributed by atoms with Crippen LogP contribution in [0.5, 0.6) is 0 Å². The Morgan fingerprint density at radius 3 is 2.28 bits per heavy atom. The van der Waals surface area contributed by atoms with Crippen LogP contribution in [0.15, 0.2) is 0 Å². The van der Waals surface area contributed by atoms with Gasteiger partial charge in [0.05, 0.1) is 6.61 Å². The Bertz CT molecular complexity index is 235. The van der Waals surface area contributed by atoms with Crippen molar-refractivity contribution in [1.82, 2.24) is 5.32 Å². The Labute approximate surface area is 107 Å². The van der Waals surface area contributed by atoms with E-state index in [9.17, 15) is 13.2 Å². The van der Waals surface area contributed by atoms with Crippen LogP contribution >= 0.6 is 0 Å². The zero-order valence-corrected chi connectivity index (χ0v) is 11.3. The maximum Gasteiger partial charge on any atom is 0.411 e. The van der Waals surface area contributed by atoms with Crippen molar-refractivity contribution in [2.24, 2.45) is 5.41 Å². The van der Waals surface area contributed by atoms with Crippen molar-refractivity contribution in [3.63, 3.8) is 0 Å². The molecule has 0 bridgehead atoms. The van der Waals surface area contributed by atoms with Crippen LogP contribution < -0.4 is 5.32 Å². The fraction of sp³-hybridized carbons (Fsp3) is 1.00. The molecule has 1 fully saturated rings. The van der Waals surface area contributed by atoms with Crippen molar-refractivity contribution in [2.45, 2.75) is 58.2 Å². The number of hydrogen-bond acceptors (Lipinski definition) is 2. The summed E-state index contributed by atoms with van der Waals surface area (Å²) in [5.41, 5.74) is -0.103. The molecule has 5 heteroatoms. The standard InChI is InChI=1S/C13H24F3NO/c1-11(2)17-8-12(6-4-3-5-7-12)9-18-10-13(14,15)16/h11,17H,3-10H2,1-2H3. The van der Waals surface area contributed by atoms with Gasteiger partial charge in [0.25, 0.3) is 0 Å². The van der Waals surface area contributed by atoms with E-state index in [0.29, 0.717) is 6.04 Å². The Kier molecular flexibility index (Phi) is 5.92. The average Bonchev–Trinajstić information content (AvgIpc) is 2.26. The van der Waals surface area contributed by atoms with Gasteiger partial charge in [-0.15, -0.1) is 0 Å². The molecule has 1 aliphatic carbocycles. The van der Waals surface area contributed by atoms with Crippen molar-refractivity contribution >= 4 is 0 Å². The van der Waals surface area contributed by atoms with Crippen LogP contribution in [-0.4, -0.2) is 32.0 Å². The number of alkyl halides is 3. The molecule has 0 aromatic heterocycles. The predicted octanol–water partition coefficient (Wildman–Crippen LogP) is 3.51. The van der Waals surface area contributed by atoms with E-state index in [4.69, 9.17) is 4.74 Å². The van der Waals surface area contributed by atoms with Crippen LogP contribution in [0, 0.1) is 5.41 Å². The third-order valence-electron chi connectivity index (χ3n) is 3.47. The van der Waals surface area contributed by atoms with Gasteiger partial charge in [0.1, 0.15) is 6.61 Å². The van der Waals surface area contributed by atoms with Crippen molar-refractivity contribution in [1.29, 1.82) is 0 Å². The molecule has 108 valence electrons. The van der Waals surface area contributed by atoms with Gasteiger partial charge in [-0.2, -0.15) is 13.2 Å². The molecule has 0 aliphatic heterocycles. The summed E-state index contributed by atoms with van der Waals surface area (Å²) >= 11 is 0. The second-order valence-electron chi connectivity index (χ2n) is 5.70. The minimum Gasteiger partial charge on any atom is -0.371 e. The molecular formula is C13H24F3NO. The first-order valence-corrected chi connectivity index (χ1v) is 6.71. The molecule has 0 aromatic carbocycles. The number of rotatable bonds is 6. The van der Waals surface area contributed by atoms with Crippen molar-refractivity contribution < 1.29 is 17.9 Å². The molecule has 0 atom stereocenters. The minimum atomic E-state index is -4.22. The highest BCUT2D eigenvalue weighted by atomic mass is 19.4. The average molecular weight is 267 g/mol. The topological polar surface area (TPSA) is 21.3 Å². The molecule has 0 spiro atoms. The molecule has 0 radical (unpaired) electrons. The van der Waals surface area contributed by atoms with Crippen LogP contribution in [0.4, 0.5) is 13.2 Å². The summed E-state index contributed by atoms with van der Waals surface area (Å²) in [6, 6.07) is 0.353. The SMILES string of the molecule is CC(C)NCC1(COCC(F)(F)F)CCCCC1. The molecule has 0 heterocycles. The molecular weight excluding hydrogens is 243 g/mol. The van der Waals surface area contributed by atoms with Gasteiger partial charge in [0, 0.05) is 18.0 Å². The molecule has 0 aromatic rings. The van der Waals surface area contributed by atoms with Gasteiger partial charge >= 0.3 is 6.18 Å². The van der Waals surface area contributed by atoms with Crippen LogP contribution in [0.25, 0.3) is 0 Å². The van der Waals surface area contributed by atoms with Gasteiger partial charge in [-0.05, 0) is 12.8 Å². The first-order valence-electron chi connectivity index (χ1n) is 6.71. The van der Waals surface area contributed by atoms with Gasteiger partial charge in [-0.25, -0.2) is 0 Å². The highest BCUT2D eigenvalue weighted by Crippen LogP contribution is 2.36. The lowest BCUT2D eigenvalue weighted by atomic mass is 9.74. The predicted molar refractivity (Wildman–Crippen MR) is 65.5 cm³/mol. The summed E-state index contributed by atoms with van der Waals surface area (Å²) in [5, 5.41) is 3.34. The smallest absolute Gasteiger partial charge is 0.371 e. The molecule has 0 unspecified atom stereocenters. The number of hydrogen-bond donors (Lipinski definition) is 1. The van der Waals surface area contributed by atoms with Crippen LogP contribution in [-0.2, 0) is 4.74 Å². The maximum atomic E-state index is 12.1. The number of halogens is 3. The molecule has 18 heavy (non-hydrogen) atoms. The van der Waals surface area contributed by atoms with Gasteiger partial charge in [-0.3, -0.25) is 0 Å². The summed E-state index contributed by atoms with van der Waals surface area (Å²) in [6.07, 6.45) is 1.07. The second-order valence-corrected chi connectivity index (χ2v) is 5.70. The largest absolute Gasteiger partial charge is 0.411 e. The summed E-state index contributed by atoms with van der Waals surface area (Å²) in [4.78, 5) is 0. The van der Waals surface area contributed by atoms with Gasteiger partial charge < -0.3 is 10.1 Å². The molecule has 0 amide bonds. The fourth-order valence-electron chi connectivity index (χ4n) is 2.48. The Morgan fingerprint density at radius 2 is 1.78 bits per heavy atom. The lowest BCUT2D eigenvalue weighted by Crippen LogP contribution is -2.42. The van der Waals surface area contributed by atoms with E-state index < -0.39 is 12.8 Å². The van der Waals surface area contributed by atoms with Crippen LogP contribution in [0.2, 0.25) is 0 Å². The Hall–Kier alpha value is -0.290. The molecule has 0 saturated heterocycles. The molecule has 1 saturated carbocycles. The van der Waals surface area contributed by atoms with E-state index in [-0.39, 0.29) is 12.0 Å². The maximum absolute atomic E-state index is 12.1. The monoisotopic (exact) mass is 267 g/mol. The summed E-state index contributed by atoms with van der Waals surface area (Å²) in [5.74, 6) is 0. The van der Waals surface area contributed by atoms with Crippen molar-refractivity contribution in [2.75, 3.05) is 19.8 Å². The molecule has 1 N–H and O–H groups in total. The van der Waals surface area contributed by atoms with E-state index in [0.717, 1.165) is 32.2 Å². The van der Waals surface area contributed by atoms with Crippen LogP contribution in [0.1, 0.15) is 46.0 Å². The molecule has 1 aliphatic rings. The summed E-state index contributed by atoms with van der Waals surface area (Å²) in [6.45, 7) is 3.94. The number of ether oxygens (including phenoxy) is 1. The lowest BCUT2D eigenvalue weighted by molar-refractivity contribution is -0.182. The number of nitrogens with one attached hydrogen (secondary N) is 1. The Balaban J connectivity index is 2.44. The second kappa shape index (κ2) is 6.75. The summed E-state index contributed by atoms with van der Waals surface area (Å²) in [7, 11) is 0. The molecule has 2 nitrogen and oxygen atoms in total. The molecule has 1 rings (SSSR count). The minimum absolute atomic E-state index is 0.103. The highest BCUT2D eigenvalue weighted by Gasteiger charge is 2.34. The van der Waals surface area contributed by atoms with E-state index in [1.165, 1.54) is 6.42 Å². The van der Waals surface area contributed by atoms with Crippen molar-refractivity contribution in [3.05, 3.63) is 0 Å². The summed E-state index contributed by atoms with van der Waals surface area (Å²) < 4.78 is 41.2. The zero-order chi connectivity index (χ0) is 13.6. The fourth-order valence-corrected chi connectivity index (χ4v) is 2.48. The van der Waals surface area contributed by atoms with Gasteiger partial charge in [0.15, 0.2) is 0 Å². The third kappa shape index (κ3) is 6.05. The normalized spacial score (nSPS) is 20.3.